The summed E-state index contributed by atoms with van der Waals surface area (Å²) in [7, 11) is 0. The SMILES string of the molecule is CCOc1cccc(C(=O)Nc2nc(-c3ccc(F)cc3F)cs2)c1. The third kappa shape index (κ3) is 4.00. The van der Waals surface area contributed by atoms with E-state index in [0.29, 0.717) is 28.7 Å². The standard InChI is InChI=1S/C18H14F2N2O2S/c1-2-24-13-5-3-4-11(8-13)17(23)22-18-21-16(10-25-18)14-7-6-12(19)9-15(14)20/h3-10H,2H2,1H3,(H,21,22,23). The molecule has 0 aliphatic carbocycles. The summed E-state index contributed by atoms with van der Waals surface area (Å²) in [6.45, 7) is 2.36. The Bertz CT molecular complexity index is 912. The molecule has 0 fully saturated rings. The quantitative estimate of drug-likeness (QED) is 0.715. The van der Waals surface area contributed by atoms with Crippen LogP contribution in [-0.2, 0) is 0 Å². The molecule has 0 saturated heterocycles. The van der Waals surface area contributed by atoms with Gasteiger partial charge in [-0.2, -0.15) is 0 Å². The summed E-state index contributed by atoms with van der Waals surface area (Å²) in [4.78, 5) is 16.5. The minimum atomic E-state index is -0.701. The van der Waals surface area contributed by atoms with Crippen molar-refractivity contribution in [3.8, 4) is 17.0 Å². The Morgan fingerprint density at radius 2 is 2.08 bits per heavy atom. The van der Waals surface area contributed by atoms with E-state index in [1.165, 1.54) is 6.07 Å². The summed E-state index contributed by atoms with van der Waals surface area (Å²) in [5.41, 5.74) is 0.938. The third-order valence-electron chi connectivity index (χ3n) is 3.34. The van der Waals surface area contributed by atoms with Crippen molar-refractivity contribution in [1.82, 2.24) is 4.98 Å². The van der Waals surface area contributed by atoms with E-state index in [2.05, 4.69) is 10.3 Å². The first-order chi connectivity index (χ1) is 12.1. The molecule has 0 aliphatic rings. The first kappa shape index (κ1) is 17.0. The summed E-state index contributed by atoms with van der Waals surface area (Å²) in [5, 5.41) is 4.59. The van der Waals surface area contributed by atoms with Gasteiger partial charge in [0, 0.05) is 22.6 Å². The number of hydrogen-bond donors (Lipinski definition) is 1. The van der Waals surface area contributed by atoms with E-state index >= 15 is 0 Å². The smallest absolute Gasteiger partial charge is 0.257 e. The normalized spacial score (nSPS) is 10.5. The van der Waals surface area contributed by atoms with Gasteiger partial charge in [0.25, 0.3) is 5.91 Å². The highest BCUT2D eigenvalue weighted by Crippen LogP contribution is 2.27. The molecule has 1 aromatic heterocycles. The van der Waals surface area contributed by atoms with Crippen molar-refractivity contribution in [2.75, 3.05) is 11.9 Å². The molecule has 25 heavy (non-hydrogen) atoms. The van der Waals surface area contributed by atoms with Crippen molar-refractivity contribution in [1.29, 1.82) is 0 Å². The molecule has 3 aromatic rings. The van der Waals surface area contributed by atoms with Crippen molar-refractivity contribution >= 4 is 22.4 Å². The van der Waals surface area contributed by atoms with Crippen molar-refractivity contribution in [3.05, 3.63) is 65.0 Å². The molecule has 1 heterocycles. The average Bonchev–Trinajstić information content (AvgIpc) is 3.03. The lowest BCUT2D eigenvalue weighted by Gasteiger charge is -2.05. The number of halogens is 2. The summed E-state index contributed by atoms with van der Waals surface area (Å²) in [6.07, 6.45) is 0. The molecule has 3 rings (SSSR count). The number of thiazole rings is 1. The maximum atomic E-state index is 13.8. The molecule has 0 spiro atoms. The van der Waals surface area contributed by atoms with E-state index in [1.54, 1.807) is 29.6 Å². The van der Waals surface area contributed by atoms with Crippen LogP contribution in [0.1, 0.15) is 17.3 Å². The maximum Gasteiger partial charge on any atom is 0.257 e. The van der Waals surface area contributed by atoms with Crippen molar-refractivity contribution in [3.63, 3.8) is 0 Å². The van der Waals surface area contributed by atoms with E-state index in [9.17, 15) is 13.6 Å². The van der Waals surface area contributed by atoms with E-state index in [4.69, 9.17) is 4.74 Å². The van der Waals surface area contributed by atoms with Crippen LogP contribution in [0.25, 0.3) is 11.3 Å². The minimum absolute atomic E-state index is 0.177. The number of amides is 1. The lowest BCUT2D eigenvalue weighted by Crippen LogP contribution is -2.11. The van der Waals surface area contributed by atoms with Crippen LogP contribution in [0.2, 0.25) is 0 Å². The molecule has 0 aliphatic heterocycles. The fourth-order valence-electron chi connectivity index (χ4n) is 2.22. The molecule has 1 N–H and O–H groups in total. The Morgan fingerprint density at radius 3 is 2.84 bits per heavy atom. The van der Waals surface area contributed by atoms with Gasteiger partial charge in [0.05, 0.1) is 12.3 Å². The summed E-state index contributed by atoms with van der Waals surface area (Å²) in [5.74, 6) is -1.10. The van der Waals surface area contributed by atoms with Gasteiger partial charge in [-0.1, -0.05) is 6.07 Å². The molecule has 1 amide bonds. The Kier molecular flexibility index (Phi) is 5.04. The Morgan fingerprint density at radius 1 is 1.24 bits per heavy atom. The highest BCUT2D eigenvalue weighted by atomic mass is 32.1. The van der Waals surface area contributed by atoms with Crippen molar-refractivity contribution in [2.45, 2.75) is 6.92 Å². The number of carbonyl (C=O) groups is 1. The Labute approximate surface area is 147 Å². The maximum absolute atomic E-state index is 13.8. The summed E-state index contributed by atoms with van der Waals surface area (Å²) < 4.78 is 32.2. The van der Waals surface area contributed by atoms with Gasteiger partial charge in [0.2, 0.25) is 0 Å². The first-order valence-electron chi connectivity index (χ1n) is 7.52. The van der Waals surface area contributed by atoms with Gasteiger partial charge in [-0.05, 0) is 37.3 Å². The molecule has 0 radical (unpaired) electrons. The zero-order valence-electron chi connectivity index (χ0n) is 13.3. The second-order valence-corrected chi connectivity index (χ2v) is 5.94. The highest BCUT2D eigenvalue weighted by molar-refractivity contribution is 7.14. The number of nitrogens with zero attached hydrogens (tertiary/aromatic N) is 1. The predicted molar refractivity (Wildman–Crippen MR) is 93.0 cm³/mol. The number of carbonyl (C=O) groups excluding carboxylic acids is 1. The molecule has 0 bridgehead atoms. The number of nitrogens with one attached hydrogen (secondary N) is 1. The Hall–Kier alpha value is -2.80. The third-order valence-corrected chi connectivity index (χ3v) is 4.10. The van der Waals surface area contributed by atoms with Gasteiger partial charge in [0.15, 0.2) is 5.13 Å². The number of ether oxygens (including phenoxy) is 1. The molecule has 0 unspecified atom stereocenters. The highest BCUT2D eigenvalue weighted by Gasteiger charge is 2.13. The number of aromatic nitrogens is 1. The number of benzene rings is 2. The van der Waals surface area contributed by atoms with Crippen LogP contribution in [0.5, 0.6) is 5.75 Å². The molecule has 128 valence electrons. The van der Waals surface area contributed by atoms with Crippen LogP contribution < -0.4 is 10.1 Å². The van der Waals surface area contributed by atoms with Crippen LogP contribution in [0.3, 0.4) is 0 Å². The first-order valence-corrected chi connectivity index (χ1v) is 8.40. The van der Waals surface area contributed by atoms with Gasteiger partial charge in [-0.15, -0.1) is 11.3 Å². The second kappa shape index (κ2) is 7.40. The molecule has 0 atom stereocenters. The number of rotatable bonds is 5. The molecule has 4 nitrogen and oxygen atoms in total. The van der Waals surface area contributed by atoms with Crippen LogP contribution >= 0.6 is 11.3 Å². The van der Waals surface area contributed by atoms with Crippen molar-refractivity contribution < 1.29 is 18.3 Å². The topological polar surface area (TPSA) is 51.2 Å². The predicted octanol–water partition coefficient (Wildman–Crippen LogP) is 4.74. The fourth-order valence-corrected chi connectivity index (χ4v) is 2.92. The minimum Gasteiger partial charge on any atom is -0.494 e. The molecule has 7 heteroatoms. The second-order valence-electron chi connectivity index (χ2n) is 5.08. The molecule has 0 saturated carbocycles. The molecular weight excluding hydrogens is 346 g/mol. The lowest BCUT2D eigenvalue weighted by molar-refractivity contribution is 0.102. The van der Waals surface area contributed by atoms with E-state index in [1.807, 2.05) is 6.92 Å². The van der Waals surface area contributed by atoms with Gasteiger partial charge in [-0.3, -0.25) is 10.1 Å². The zero-order valence-corrected chi connectivity index (χ0v) is 14.1. The van der Waals surface area contributed by atoms with Crippen LogP contribution in [0.4, 0.5) is 13.9 Å². The van der Waals surface area contributed by atoms with Crippen LogP contribution in [-0.4, -0.2) is 17.5 Å². The monoisotopic (exact) mass is 360 g/mol. The fraction of sp³-hybridized carbons (Fsp3) is 0.111. The van der Waals surface area contributed by atoms with Crippen molar-refractivity contribution in [2.24, 2.45) is 0 Å². The van der Waals surface area contributed by atoms with Crippen LogP contribution in [0.15, 0.2) is 47.8 Å². The van der Waals surface area contributed by atoms with Gasteiger partial charge in [-0.25, -0.2) is 13.8 Å². The molecular formula is C18H14F2N2O2S. The van der Waals surface area contributed by atoms with E-state index in [-0.39, 0.29) is 11.5 Å². The number of anilines is 1. The van der Waals surface area contributed by atoms with Gasteiger partial charge >= 0.3 is 0 Å². The zero-order chi connectivity index (χ0) is 17.8. The lowest BCUT2D eigenvalue weighted by atomic mass is 10.1. The van der Waals surface area contributed by atoms with E-state index < -0.39 is 11.6 Å². The summed E-state index contributed by atoms with van der Waals surface area (Å²) in [6, 6.07) is 10.1. The largest absolute Gasteiger partial charge is 0.494 e. The summed E-state index contributed by atoms with van der Waals surface area (Å²) >= 11 is 1.16. The van der Waals surface area contributed by atoms with Crippen LogP contribution in [0, 0.1) is 11.6 Å². The van der Waals surface area contributed by atoms with Gasteiger partial charge < -0.3 is 4.74 Å². The Balaban J connectivity index is 1.77. The average molecular weight is 360 g/mol. The van der Waals surface area contributed by atoms with Gasteiger partial charge in [0.1, 0.15) is 17.4 Å². The van der Waals surface area contributed by atoms with E-state index in [0.717, 1.165) is 23.5 Å². The molecule has 2 aromatic carbocycles. The number of hydrogen-bond acceptors (Lipinski definition) is 4.